The fourth-order valence-corrected chi connectivity index (χ4v) is 5.32. The Bertz CT molecular complexity index is 1360. The molecule has 1 amide bonds. The highest BCUT2D eigenvalue weighted by Gasteiger charge is 2.29. The molecule has 33 heavy (non-hydrogen) atoms. The Labute approximate surface area is 189 Å². The van der Waals surface area contributed by atoms with Crippen LogP contribution in [0.3, 0.4) is 0 Å². The molecule has 1 aliphatic rings. The summed E-state index contributed by atoms with van der Waals surface area (Å²) in [6.07, 6.45) is 1.19. The maximum Gasteiger partial charge on any atom is 0.273 e. The molecule has 0 unspecified atom stereocenters. The van der Waals surface area contributed by atoms with Crippen LogP contribution in [0, 0.1) is 22.9 Å². The van der Waals surface area contributed by atoms with E-state index in [9.17, 15) is 27.7 Å². The van der Waals surface area contributed by atoms with Gasteiger partial charge in [0, 0.05) is 29.4 Å². The third-order valence-corrected chi connectivity index (χ3v) is 7.31. The lowest BCUT2D eigenvalue weighted by atomic mass is 10.0. The van der Waals surface area contributed by atoms with Crippen LogP contribution in [0.4, 0.5) is 21.5 Å². The largest absolute Gasteiger partial charge is 0.322 e. The van der Waals surface area contributed by atoms with Crippen molar-refractivity contribution in [3.8, 4) is 0 Å². The Hall–Kier alpha value is -3.79. The molecule has 0 atom stereocenters. The van der Waals surface area contributed by atoms with Gasteiger partial charge in [0.05, 0.1) is 15.5 Å². The molecule has 1 aliphatic heterocycles. The van der Waals surface area contributed by atoms with Crippen LogP contribution in [0.5, 0.6) is 0 Å². The van der Waals surface area contributed by atoms with Gasteiger partial charge in [-0.2, -0.15) is 0 Å². The van der Waals surface area contributed by atoms with Crippen LogP contribution < -0.4 is 9.62 Å². The zero-order valence-electron chi connectivity index (χ0n) is 17.6. The molecular weight excluding hydrogens is 449 g/mol. The Kier molecular flexibility index (Phi) is 5.86. The summed E-state index contributed by atoms with van der Waals surface area (Å²) < 4.78 is 40.7. The van der Waals surface area contributed by atoms with E-state index in [-0.39, 0.29) is 22.7 Å². The van der Waals surface area contributed by atoms with Crippen molar-refractivity contribution in [2.45, 2.75) is 24.7 Å². The van der Waals surface area contributed by atoms with Gasteiger partial charge in [-0.05, 0) is 73.9 Å². The summed E-state index contributed by atoms with van der Waals surface area (Å²) in [7, 11) is -3.87. The molecule has 3 aromatic carbocycles. The summed E-state index contributed by atoms with van der Waals surface area (Å²) in [6.45, 7) is 1.88. The van der Waals surface area contributed by atoms with Gasteiger partial charge in [0.15, 0.2) is 0 Å². The van der Waals surface area contributed by atoms with Crippen LogP contribution >= 0.6 is 0 Å². The number of rotatable bonds is 5. The molecule has 0 fully saturated rings. The topological polar surface area (TPSA) is 110 Å². The molecule has 3 aromatic rings. The van der Waals surface area contributed by atoms with E-state index >= 15 is 0 Å². The molecular formula is C23H20FN3O5S. The maximum absolute atomic E-state index is 13.2. The zero-order valence-corrected chi connectivity index (χ0v) is 18.4. The zero-order chi connectivity index (χ0) is 23.8. The number of nitro benzene ring substituents is 1. The predicted octanol–water partition coefficient (Wildman–Crippen LogP) is 4.44. The van der Waals surface area contributed by atoms with Crippen LogP contribution in [-0.2, 0) is 16.4 Å². The molecule has 4 rings (SSSR count). The van der Waals surface area contributed by atoms with E-state index < -0.39 is 26.7 Å². The summed E-state index contributed by atoms with van der Waals surface area (Å²) in [5, 5.41) is 13.9. The van der Waals surface area contributed by atoms with Gasteiger partial charge in [0.1, 0.15) is 5.82 Å². The van der Waals surface area contributed by atoms with Crippen molar-refractivity contribution in [2.75, 3.05) is 16.2 Å². The summed E-state index contributed by atoms with van der Waals surface area (Å²) in [5.41, 5.74) is 2.13. The lowest BCUT2D eigenvalue weighted by molar-refractivity contribution is -0.385. The predicted molar refractivity (Wildman–Crippen MR) is 121 cm³/mol. The molecule has 0 bridgehead atoms. The molecule has 0 saturated heterocycles. The van der Waals surface area contributed by atoms with Crippen molar-refractivity contribution in [2.24, 2.45) is 0 Å². The summed E-state index contributed by atoms with van der Waals surface area (Å²) in [4.78, 5) is 23.2. The first-order valence-corrected chi connectivity index (χ1v) is 11.6. The second-order valence-corrected chi connectivity index (χ2v) is 9.55. The van der Waals surface area contributed by atoms with Crippen LogP contribution in [0.25, 0.3) is 0 Å². The lowest BCUT2D eigenvalue weighted by Gasteiger charge is -2.31. The molecule has 10 heteroatoms. The first kappa shape index (κ1) is 22.4. The quantitative estimate of drug-likeness (QED) is 0.439. The number of nitrogens with one attached hydrogen (secondary N) is 1. The van der Waals surface area contributed by atoms with Crippen molar-refractivity contribution in [1.82, 2.24) is 0 Å². The van der Waals surface area contributed by atoms with Crippen LogP contribution in [-0.4, -0.2) is 25.8 Å². The number of nitrogens with zero attached hydrogens (tertiary/aromatic N) is 2. The van der Waals surface area contributed by atoms with E-state index in [1.165, 1.54) is 34.6 Å². The Morgan fingerprint density at radius 3 is 2.52 bits per heavy atom. The lowest BCUT2D eigenvalue weighted by Crippen LogP contribution is -2.35. The Balaban J connectivity index is 1.60. The molecule has 0 aliphatic carbocycles. The van der Waals surface area contributed by atoms with Crippen molar-refractivity contribution in [3.05, 3.63) is 93.3 Å². The molecule has 0 radical (unpaired) electrons. The summed E-state index contributed by atoms with van der Waals surface area (Å²) in [6, 6.07) is 13.8. The minimum absolute atomic E-state index is 0.00454. The molecule has 8 nitrogen and oxygen atoms in total. The van der Waals surface area contributed by atoms with E-state index in [1.807, 2.05) is 0 Å². The minimum atomic E-state index is -3.87. The van der Waals surface area contributed by atoms with Crippen molar-refractivity contribution < 1.29 is 22.5 Å². The summed E-state index contributed by atoms with van der Waals surface area (Å²) >= 11 is 0. The van der Waals surface area contributed by atoms with Gasteiger partial charge in [-0.3, -0.25) is 19.2 Å². The highest BCUT2D eigenvalue weighted by Crippen LogP contribution is 2.34. The number of benzene rings is 3. The van der Waals surface area contributed by atoms with E-state index in [0.717, 1.165) is 17.7 Å². The SMILES string of the molecule is Cc1ccc(C(=O)Nc2ccc3c(c2)CCCN3S(=O)(=O)c2ccc(F)cc2)cc1[N+](=O)[O-]. The average Bonchev–Trinajstić information content (AvgIpc) is 2.78. The number of halogens is 1. The first-order valence-electron chi connectivity index (χ1n) is 10.1. The fourth-order valence-electron chi connectivity index (χ4n) is 3.77. The second kappa shape index (κ2) is 8.62. The van der Waals surface area contributed by atoms with Gasteiger partial charge >= 0.3 is 0 Å². The maximum atomic E-state index is 13.2. The number of hydrogen-bond donors (Lipinski definition) is 1. The number of aryl methyl sites for hydroxylation is 2. The molecule has 0 aromatic heterocycles. The van der Waals surface area contributed by atoms with Gasteiger partial charge in [0.2, 0.25) is 0 Å². The summed E-state index contributed by atoms with van der Waals surface area (Å²) in [5.74, 6) is -1.03. The van der Waals surface area contributed by atoms with Crippen LogP contribution in [0.15, 0.2) is 65.6 Å². The number of fused-ring (bicyclic) bond motifs is 1. The average molecular weight is 469 g/mol. The van der Waals surface area contributed by atoms with Crippen molar-refractivity contribution >= 4 is 33.0 Å². The van der Waals surface area contributed by atoms with Gasteiger partial charge in [-0.25, -0.2) is 12.8 Å². The first-order chi connectivity index (χ1) is 15.7. The number of amides is 1. The van der Waals surface area contributed by atoms with Gasteiger partial charge < -0.3 is 5.32 Å². The Morgan fingerprint density at radius 1 is 1.09 bits per heavy atom. The number of anilines is 2. The number of nitro groups is 1. The van der Waals surface area contributed by atoms with Gasteiger partial charge in [-0.15, -0.1) is 0 Å². The van der Waals surface area contributed by atoms with E-state index in [2.05, 4.69) is 5.32 Å². The number of carbonyl (C=O) groups excluding carboxylic acids is 1. The number of carbonyl (C=O) groups is 1. The van der Waals surface area contributed by atoms with Crippen LogP contribution in [0.1, 0.15) is 27.9 Å². The molecule has 0 spiro atoms. The smallest absolute Gasteiger partial charge is 0.273 e. The molecule has 0 saturated carbocycles. The third-order valence-electron chi connectivity index (χ3n) is 5.48. The highest BCUT2D eigenvalue weighted by molar-refractivity contribution is 7.92. The van der Waals surface area contributed by atoms with E-state index in [1.54, 1.807) is 25.1 Å². The van der Waals surface area contributed by atoms with E-state index in [4.69, 9.17) is 0 Å². The third kappa shape index (κ3) is 4.42. The fraction of sp³-hybridized carbons (Fsp3) is 0.174. The molecule has 1 heterocycles. The van der Waals surface area contributed by atoms with Crippen LogP contribution in [0.2, 0.25) is 0 Å². The number of hydrogen-bond acceptors (Lipinski definition) is 5. The monoisotopic (exact) mass is 469 g/mol. The standard InChI is InChI=1S/C23H20FN3O5S/c1-15-4-5-17(14-22(15)27(29)30)23(28)25-19-8-11-21-16(13-19)3-2-12-26(21)33(31,32)20-9-6-18(24)7-10-20/h4-11,13-14H,2-3,12H2,1H3,(H,25,28). The molecule has 170 valence electrons. The second-order valence-electron chi connectivity index (χ2n) is 7.69. The Morgan fingerprint density at radius 2 is 1.82 bits per heavy atom. The minimum Gasteiger partial charge on any atom is -0.322 e. The van der Waals surface area contributed by atoms with Crippen molar-refractivity contribution in [1.29, 1.82) is 0 Å². The van der Waals surface area contributed by atoms with E-state index in [0.29, 0.717) is 29.8 Å². The van der Waals surface area contributed by atoms with Crippen molar-refractivity contribution in [3.63, 3.8) is 0 Å². The van der Waals surface area contributed by atoms with Gasteiger partial charge in [-0.1, -0.05) is 6.07 Å². The molecule has 1 N–H and O–H groups in total. The normalized spacial score (nSPS) is 13.3. The highest BCUT2D eigenvalue weighted by atomic mass is 32.2. The van der Waals surface area contributed by atoms with Gasteiger partial charge in [0.25, 0.3) is 21.6 Å². The number of sulfonamides is 1.